The van der Waals surface area contributed by atoms with Gasteiger partial charge in [0.1, 0.15) is 12.3 Å². The van der Waals surface area contributed by atoms with Crippen LogP contribution in [0.5, 0.6) is 0 Å². The molecule has 1 amide bonds. The molecule has 2 atom stereocenters. The number of anilines is 1. The molecule has 2 unspecified atom stereocenters. The van der Waals surface area contributed by atoms with Gasteiger partial charge in [0.15, 0.2) is 6.19 Å². The van der Waals surface area contributed by atoms with Gasteiger partial charge in [-0.05, 0) is 42.0 Å². The van der Waals surface area contributed by atoms with Crippen LogP contribution in [-0.4, -0.2) is 41.7 Å². The molecule has 1 saturated heterocycles. The van der Waals surface area contributed by atoms with Crippen LogP contribution in [0, 0.1) is 16.4 Å². The van der Waals surface area contributed by atoms with Crippen LogP contribution in [0.3, 0.4) is 0 Å². The number of likely N-dealkylation sites (N-methyl/N-ethyl adjacent to an activating group) is 1. The largest absolute Gasteiger partial charge is 0.359 e. The number of carbonyl (C=O) groups is 2. The second-order valence-corrected chi connectivity index (χ2v) is 8.67. The average molecular weight is 436 g/mol. The number of rotatable bonds is 5. The number of hydrogen-bond donors (Lipinski definition) is 0. The first kappa shape index (κ1) is 24.7. The van der Waals surface area contributed by atoms with E-state index in [1.807, 2.05) is 30.5 Å². The first-order valence-corrected chi connectivity index (χ1v) is 10.4. The number of carbonyl (C=O) groups excluding carboxylic acids is 2. The van der Waals surface area contributed by atoms with Crippen molar-refractivity contribution in [2.24, 2.45) is 5.18 Å². The zero-order valence-corrected chi connectivity index (χ0v) is 18.9. The van der Waals surface area contributed by atoms with Crippen molar-refractivity contribution in [3.63, 3.8) is 0 Å². The SMILES string of the molecule is CN(c1ccc(C(C)(C)C)cc1)C(C(=O)N=O)c1cccnc1.N#CN1CCCC1C=O. The zero-order chi connectivity index (χ0) is 23.7. The van der Waals surface area contributed by atoms with Crippen LogP contribution in [0.1, 0.15) is 50.8 Å². The van der Waals surface area contributed by atoms with Gasteiger partial charge in [-0.3, -0.25) is 9.78 Å². The van der Waals surface area contributed by atoms with Crippen molar-refractivity contribution in [1.29, 1.82) is 5.26 Å². The number of likely N-dealkylation sites (tertiary alicyclic amines) is 1. The first-order chi connectivity index (χ1) is 15.2. The minimum absolute atomic E-state index is 0.0556. The fourth-order valence-corrected chi connectivity index (χ4v) is 3.52. The van der Waals surface area contributed by atoms with Gasteiger partial charge in [-0.15, -0.1) is 4.91 Å². The summed E-state index contributed by atoms with van der Waals surface area (Å²) in [5.41, 5.74) is 2.73. The molecular formula is C24H29N5O3. The number of aldehydes is 1. The van der Waals surface area contributed by atoms with Crippen LogP contribution in [0.2, 0.25) is 0 Å². The van der Waals surface area contributed by atoms with E-state index in [0.29, 0.717) is 5.56 Å². The standard InChI is InChI=1S/C18H21N3O2.C6H8N2O/c1-18(2,3)14-7-9-15(10-8-14)21(4)16(17(22)20-23)13-6-5-11-19-12-13;7-5-8-3-1-2-6(8)4-9/h5-12,16H,1-4H3;4,6H,1-3H2. The van der Waals surface area contributed by atoms with Crippen LogP contribution < -0.4 is 4.90 Å². The fourth-order valence-electron chi connectivity index (χ4n) is 3.52. The number of nitrogens with zero attached hydrogens (tertiary/aromatic N) is 5. The molecule has 0 spiro atoms. The summed E-state index contributed by atoms with van der Waals surface area (Å²) in [4.78, 5) is 40.3. The number of pyridine rings is 1. The van der Waals surface area contributed by atoms with Crippen LogP contribution >= 0.6 is 0 Å². The molecule has 1 fully saturated rings. The summed E-state index contributed by atoms with van der Waals surface area (Å²) in [6.45, 7) is 7.18. The molecule has 3 rings (SSSR count). The van der Waals surface area contributed by atoms with Gasteiger partial charge in [0.05, 0.1) is 6.04 Å². The maximum absolute atomic E-state index is 12.0. The predicted octanol–water partition coefficient (Wildman–Crippen LogP) is 3.98. The van der Waals surface area contributed by atoms with E-state index >= 15 is 0 Å². The van der Waals surface area contributed by atoms with E-state index < -0.39 is 11.9 Å². The topological polar surface area (TPSA) is 107 Å². The van der Waals surface area contributed by atoms with Crippen LogP contribution in [0.4, 0.5) is 5.69 Å². The number of nitroso groups, excluding NO2 is 1. The third-order valence-corrected chi connectivity index (χ3v) is 5.44. The Morgan fingerprint density at radius 3 is 2.47 bits per heavy atom. The second-order valence-electron chi connectivity index (χ2n) is 8.67. The average Bonchev–Trinajstić information content (AvgIpc) is 3.27. The molecule has 8 nitrogen and oxygen atoms in total. The molecule has 1 aliphatic rings. The van der Waals surface area contributed by atoms with Crippen molar-refractivity contribution in [2.75, 3.05) is 18.5 Å². The van der Waals surface area contributed by atoms with Crippen molar-refractivity contribution >= 4 is 17.9 Å². The predicted molar refractivity (Wildman–Crippen MR) is 123 cm³/mol. The lowest BCUT2D eigenvalue weighted by Crippen LogP contribution is -2.30. The molecule has 0 bridgehead atoms. The van der Waals surface area contributed by atoms with Crippen molar-refractivity contribution in [1.82, 2.24) is 9.88 Å². The van der Waals surface area contributed by atoms with Crippen LogP contribution in [0.15, 0.2) is 54.0 Å². The highest BCUT2D eigenvalue weighted by atomic mass is 16.3. The normalized spacial score (nSPS) is 16.2. The van der Waals surface area contributed by atoms with Gasteiger partial charge in [0.25, 0.3) is 0 Å². The third kappa shape index (κ3) is 6.20. The summed E-state index contributed by atoms with van der Waals surface area (Å²) in [6.07, 6.45) is 7.82. The molecule has 0 saturated carbocycles. The van der Waals surface area contributed by atoms with Gasteiger partial charge in [0.2, 0.25) is 0 Å². The van der Waals surface area contributed by atoms with Gasteiger partial charge < -0.3 is 14.6 Å². The van der Waals surface area contributed by atoms with Crippen LogP contribution in [0.25, 0.3) is 0 Å². The lowest BCUT2D eigenvalue weighted by molar-refractivity contribution is -0.119. The molecule has 0 radical (unpaired) electrons. The number of amides is 1. The van der Waals surface area contributed by atoms with E-state index in [4.69, 9.17) is 5.26 Å². The summed E-state index contributed by atoms with van der Waals surface area (Å²) in [6, 6.07) is 10.6. The van der Waals surface area contributed by atoms with E-state index in [2.05, 4.69) is 30.9 Å². The van der Waals surface area contributed by atoms with E-state index in [1.54, 1.807) is 36.5 Å². The lowest BCUT2D eigenvalue weighted by atomic mass is 9.87. The monoisotopic (exact) mass is 435 g/mol. The van der Waals surface area contributed by atoms with Gasteiger partial charge in [-0.25, -0.2) is 0 Å². The zero-order valence-electron chi connectivity index (χ0n) is 18.9. The highest BCUT2D eigenvalue weighted by Crippen LogP contribution is 2.29. The first-order valence-electron chi connectivity index (χ1n) is 10.4. The maximum atomic E-state index is 12.0. The number of hydrogen-bond acceptors (Lipinski definition) is 7. The minimum atomic E-state index is -0.776. The van der Waals surface area contributed by atoms with Crippen molar-refractivity contribution in [3.8, 4) is 6.19 Å². The molecule has 0 aliphatic carbocycles. The van der Waals surface area contributed by atoms with Gasteiger partial charge >= 0.3 is 5.91 Å². The van der Waals surface area contributed by atoms with Gasteiger partial charge in [0, 0.05) is 42.4 Å². The Bertz CT molecular complexity index is 948. The highest BCUT2D eigenvalue weighted by Gasteiger charge is 2.27. The van der Waals surface area contributed by atoms with Crippen LogP contribution in [-0.2, 0) is 15.0 Å². The Hall–Kier alpha value is -3.60. The molecule has 1 aliphatic heterocycles. The Labute approximate surface area is 188 Å². The Morgan fingerprint density at radius 1 is 1.31 bits per heavy atom. The van der Waals surface area contributed by atoms with E-state index in [-0.39, 0.29) is 11.5 Å². The lowest BCUT2D eigenvalue weighted by Gasteiger charge is -2.28. The van der Waals surface area contributed by atoms with Gasteiger partial charge in [-0.1, -0.05) is 39.0 Å². The van der Waals surface area contributed by atoms with Gasteiger partial charge in [-0.2, -0.15) is 5.26 Å². The second kappa shape index (κ2) is 11.1. The highest BCUT2D eigenvalue weighted by molar-refractivity contribution is 5.87. The molecule has 0 N–H and O–H groups in total. The molecule has 1 aromatic carbocycles. The molecule has 32 heavy (non-hydrogen) atoms. The number of nitriles is 1. The molecule has 8 heteroatoms. The third-order valence-electron chi connectivity index (χ3n) is 5.44. The molecule has 2 heterocycles. The quantitative estimate of drug-likeness (QED) is 0.397. The minimum Gasteiger partial charge on any atom is -0.359 e. The van der Waals surface area contributed by atoms with E-state index in [9.17, 15) is 14.5 Å². The maximum Gasteiger partial charge on any atom is 0.313 e. The summed E-state index contributed by atoms with van der Waals surface area (Å²) in [7, 11) is 1.77. The Morgan fingerprint density at radius 2 is 2.00 bits per heavy atom. The Kier molecular flexibility index (Phi) is 8.59. The Balaban J connectivity index is 0.000000336. The number of aromatic nitrogens is 1. The molecular weight excluding hydrogens is 406 g/mol. The van der Waals surface area contributed by atoms with E-state index in [0.717, 1.165) is 31.4 Å². The molecule has 168 valence electrons. The van der Waals surface area contributed by atoms with Crippen molar-refractivity contribution in [2.45, 2.75) is 51.1 Å². The summed E-state index contributed by atoms with van der Waals surface area (Å²) in [5, 5.41) is 11.0. The van der Waals surface area contributed by atoms with Crippen molar-refractivity contribution in [3.05, 3.63) is 64.8 Å². The number of benzene rings is 1. The smallest absolute Gasteiger partial charge is 0.313 e. The van der Waals surface area contributed by atoms with E-state index in [1.165, 1.54) is 10.5 Å². The molecule has 2 aromatic rings. The summed E-state index contributed by atoms with van der Waals surface area (Å²) < 4.78 is 0. The fraction of sp³-hybridized carbons (Fsp3) is 0.417. The summed E-state index contributed by atoms with van der Waals surface area (Å²) >= 11 is 0. The molecule has 1 aromatic heterocycles. The van der Waals surface area contributed by atoms with Crippen molar-refractivity contribution < 1.29 is 9.59 Å². The summed E-state index contributed by atoms with van der Waals surface area (Å²) in [5.74, 6) is -0.736.